The maximum atomic E-state index is 12.4. The van der Waals surface area contributed by atoms with Gasteiger partial charge in [-0.2, -0.15) is 5.10 Å². The van der Waals surface area contributed by atoms with Crippen molar-refractivity contribution in [2.75, 3.05) is 7.11 Å². The molecule has 8 heteroatoms. The van der Waals surface area contributed by atoms with Crippen molar-refractivity contribution in [3.63, 3.8) is 0 Å². The number of hydrazone groups is 1. The molecule has 0 aliphatic carbocycles. The molecule has 0 fully saturated rings. The number of fused-ring (bicyclic) bond motifs is 3. The summed E-state index contributed by atoms with van der Waals surface area (Å²) in [6.45, 7) is 0. The van der Waals surface area contributed by atoms with E-state index in [1.165, 1.54) is 0 Å². The quantitative estimate of drug-likeness (QED) is 0.210. The number of rotatable bonds is 5. The number of ether oxygens (including phenoxy) is 3. The van der Waals surface area contributed by atoms with Gasteiger partial charge < -0.3 is 18.6 Å². The lowest BCUT2D eigenvalue weighted by molar-refractivity contribution is -0.0209. The Morgan fingerprint density at radius 3 is 2.58 bits per heavy atom. The van der Waals surface area contributed by atoms with E-state index < -0.39 is 12.2 Å². The van der Waals surface area contributed by atoms with Crippen LogP contribution in [0.2, 0.25) is 0 Å². The van der Waals surface area contributed by atoms with Crippen LogP contribution in [0.3, 0.4) is 0 Å². The molecule has 0 unspecified atom stereocenters. The summed E-state index contributed by atoms with van der Waals surface area (Å²) in [4.78, 5) is 12.4. The van der Waals surface area contributed by atoms with Crippen LogP contribution in [0, 0.1) is 0 Å². The molecular weight excluding hydrogens is 524 g/mol. The van der Waals surface area contributed by atoms with Crippen molar-refractivity contribution in [1.82, 2.24) is 5.01 Å². The summed E-state index contributed by atoms with van der Waals surface area (Å²) in [5.41, 5.74) is 3.18. The zero-order valence-electron chi connectivity index (χ0n) is 19.3. The van der Waals surface area contributed by atoms with Crippen molar-refractivity contribution in [2.24, 2.45) is 5.10 Å². The summed E-state index contributed by atoms with van der Waals surface area (Å²) in [6.07, 6.45) is 1.79. The van der Waals surface area contributed by atoms with Crippen molar-refractivity contribution >= 4 is 27.6 Å². The van der Waals surface area contributed by atoms with Crippen LogP contribution in [0.25, 0.3) is 0 Å². The fraction of sp³-hybridized carbons (Fsp3) is 0.143. The van der Waals surface area contributed by atoms with Gasteiger partial charge in [0, 0.05) is 22.0 Å². The number of halogens is 1. The third-order valence-electron chi connectivity index (χ3n) is 6.23. The molecular formula is C28H21BrN2O5. The normalized spacial score (nSPS) is 18.1. The van der Waals surface area contributed by atoms with E-state index in [1.807, 2.05) is 47.5 Å². The molecule has 0 N–H and O–H groups in total. The van der Waals surface area contributed by atoms with Gasteiger partial charge in [-0.05, 0) is 60.7 Å². The van der Waals surface area contributed by atoms with E-state index in [0.717, 1.165) is 27.1 Å². The lowest BCUT2D eigenvalue weighted by atomic mass is 9.97. The average molecular weight is 545 g/mol. The lowest BCUT2D eigenvalue weighted by Gasteiger charge is -2.38. The zero-order valence-corrected chi connectivity index (χ0v) is 20.8. The molecule has 7 nitrogen and oxygen atoms in total. The third kappa shape index (κ3) is 4.03. The standard InChI is InChI=1S/C28H21BrN2O5/c1-33-25-15-19(29)14-21-23-16-22(24-8-5-13-34-24)30-31(23)27(36-26(21)25)17-9-11-20(12-10-17)35-28(32)18-6-3-2-4-7-18/h2-15,23,27H,16H2,1H3/t23-,27-/m0/s1. The molecule has 0 spiro atoms. The number of esters is 1. The lowest BCUT2D eigenvalue weighted by Crippen LogP contribution is -2.34. The molecule has 0 bridgehead atoms. The second-order valence-corrected chi connectivity index (χ2v) is 9.36. The first kappa shape index (κ1) is 22.4. The fourth-order valence-electron chi connectivity index (χ4n) is 4.53. The van der Waals surface area contributed by atoms with E-state index in [2.05, 4.69) is 15.9 Å². The molecule has 2 aliphatic rings. The highest BCUT2D eigenvalue weighted by Gasteiger charge is 2.43. The molecule has 36 heavy (non-hydrogen) atoms. The van der Waals surface area contributed by atoms with Crippen LogP contribution < -0.4 is 14.2 Å². The van der Waals surface area contributed by atoms with Crippen LogP contribution in [0.5, 0.6) is 17.2 Å². The first-order chi connectivity index (χ1) is 17.6. The summed E-state index contributed by atoms with van der Waals surface area (Å²) in [5, 5.41) is 6.85. The monoisotopic (exact) mass is 544 g/mol. The van der Waals surface area contributed by atoms with Gasteiger partial charge >= 0.3 is 5.97 Å². The highest BCUT2D eigenvalue weighted by Crippen LogP contribution is 2.51. The van der Waals surface area contributed by atoms with Crippen LogP contribution in [0.1, 0.15) is 45.9 Å². The molecule has 0 amide bonds. The number of hydrogen-bond donors (Lipinski definition) is 0. The molecule has 3 aromatic carbocycles. The van der Waals surface area contributed by atoms with Gasteiger partial charge in [0.05, 0.1) is 25.0 Å². The smallest absolute Gasteiger partial charge is 0.343 e. The van der Waals surface area contributed by atoms with Crippen molar-refractivity contribution < 1.29 is 23.4 Å². The number of hydrogen-bond acceptors (Lipinski definition) is 7. The molecule has 3 heterocycles. The predicted octanol–water partition coefficient (Wildman–Crippen LogP) is 6.51. The first-order valence-electron chi connectivity index (χ1n) is 11.4. The first-order valence-corrected chi connectivity index (χ1v) is 12.2. The van der Waals surface area contributed by atoms with Gasteiger partial charge in [-0.15, -0.1) is 0 Å². The van der Waals surface area contributed by atoms with Crippen molar-refractivity contribution in [3.8, 4) is 17.2 Å². The Morgan fingerprint density at radius 1 is 1.06 bits per heavy atom. The minimum absolute atomic E-state index is 0.0687. The van der Waals surface area contributed by atoms with Gasteiger partial charge in [-0.3, -0.25) is 0 Å². The number of benzene rings is 3. The molecule has 0 saturated carbocycles. The van der Waals surface area contributed by atoms with Gasteiger partial charge in [0.1, 0.15) is 17.2 Å². The largest absolute Gasteiger partial charge is 0.493 e. The second-order valence-electron chi connectivity index (χ2n) is 8.45. The molecule has 1 aromatic heterocycles. The molecule has 2 atom stereocenters. The summed E-state index contributed by atoms with van der Waals surface area (Å²) in [7, 11) is 1.63. The third-order valence-corrected chi connectivity index (χ3v) is 6.69. The average Bonchev–Trinajstić information content (AvgIpc) is 3.59. The summed E-state index contributed by atoms with van der Waals surface area (Å²) in [6, 6.07) is 23.8. The topological polar surface area (TPSA) is 73.5 Å². The second kappa shape index (κ2) is 9.20. The number of methoxy groups -OCH3 is 1. The Bertz CT molecular complexity index is 1440. The molecule has 4 aromatic rings. The van der Waals surface area contributed by atoms with Crippen LogP contribution >= 0.6 is 15.9 Å². The van der Waals surface area contributed by atoms with Gasteiger partial charge in [0.2, 0.25) is 6.23 Å². The van der Waals surface area contributed by atoms with Crippen LogP contribution in [-0.2, 0) is 0 Å². The van der Waals surface area contributed by atoms with Gasteiger partial charge in [0.15, 0.2) is 11.5 Å². The molecule has 180 valence electrons. The van der Waals surface area contributed by atoms with E-state index in [1.54, 1.807) is 49.8 Å². The fourth-order valence-corrected chi connectivity index (χ4v) is 4.98. The molecule has 6 rings (SSSR count). The van der Waals surface area contributed by atoms with E-state index in [-0.39, 0.29) is 6.04 Å². The summed E-state index contributed by atoms with van der Waals surface area (Å²) >= 11 is 3.59. The molecule has 0 radical (unpaired) electrons. The summed E-state index contributed by atoms with van der Waals surface area (Å²) < 4.78 is 24.2. The highest BCUT2D eigenvalue weighted by molar-refractivity contribution is 9.10. The van der Waals surface area contributed by atoms with Gasteiger partial charge in [-0.25, -0.2) is 9.80 Å². The van der Waals surface area contributed by atoms with E-state index >= 15 is 0 Å². The van der Waals surface area contributed by atoms with E-state index in [0.29, 0.717) is 29.2 Å². The number of nitrogens with zero attached hydrogens (tertiary/aromatic N) is 2. The Labute approximate surface area is 216 Å². The Balaban J connectivity index is 1.34. The minimum Gasteiger partial charge on any atom is -0.493 e. The highest BCUT2D eigenvalue weighted by atomic mass is 79.9. The molecule has 0 saturated heterocycles. The SMILES string of the molecule is COc1cc(Br)cc2c1O[C@@H](c1ccc(OC(=O)c3ccccc3)cc1)N1N=C(c3ccco3)C[C@@H]21. The minimum atomic E-state index is -0.510. The van der Waals surface area contributed by atoms with E-state index in [4.69, 9.17) is 23.7 Å². The molecule has 2 aliphatic heterocycles. The number of carbonyl (C=O) groups excluding carboxylic acids is 1. The summed E-state index contributed by atoms with van der Waals surface area (Å²) in [5.74, 6) is 2.10. The van der Waals surface area contributed by atoms with Crippen LogP contribution in [0.15, 0.2) is 99.1 Å². The Morgan fingerprint density at radius 2 is 1.86 bits per heavy atom. The van der Waals surface area contributed by atoms with Gasteiger partial charge in [-0.1, -0.05) is 34.1 Å². The maximum absolute atomic E-state index is 12.4. The van der Waals surface area contributed by atoms with Crippen molar-refractivity contribution in [3.05, 3.63) is 112 Å². The number of furan rings is 1. The van der Waals surface area contributed by atoms with Crippen LogP contribution in [0.4, 0.5) is 0 Å². The van der Waals surface area contributed by atoms with Gasteiger partial charge in [0.25, 0.3) is 0 Å². The Kier molecular flexibility index (Phi) is 5.73. The Hall–Kier alpha value is -4.04. The van der Waals surface area contributed by atoms with Crippen LogP contribution in [-0.4, -0.2) is 23.8 Å². The number of carbonyl (C=O) groups is 1. The zero-order chi connectivity index (χ0) is 24.6. The van der Waals surface area contributed by atoms with Crippen molar-refractivity contribution in [2.45, 2.75) is 18.7 Å². The maximum Gasteiger partial charge on any atom is 0.343 e. The van der Waals surface area contributed by atoms with E-state index in [9.17, 15) is 4.79 Å². The van der Waals surface area contributed by atoms with Crippen molar-refractivity contribution in [1.29, 1.82) is 0 Å². The predicted molar refractivity (Wildman–Crippen MR) is 136 cm³/mol.